The van der Waals surface area contributed by atoms with Gasteiger partial charge in [0.25, 0.3) is 0 Å². The Morgan fingerprint density at radius 2 is 1.61 bits per heavy atom. The van der Waals surface area contributed by atoms with Crippen LogP contribution in [0.4, 0.5) is 11.5 Å². The Bertz CT molecular complexity index is 2340. The number of anilines is 2. The van der Waals surface area contributed by atoms with Crippen molar-refractivity contribution in [3.8, 4) is 38.6 Å². The monoisotopic (exact) mass is 845 g/mol. The van der Waals surface area contributed by atoms with E-state index in [-0.39, 0.29) is 48.9 Å². The highest BCUT2D eigenvalue weighted by Crippen LogP contribution is 2.34. The van der Waals surface area contributed by atoms with Gasteiger partial charge >= 0.3 is 0 Å². The van der Waals surface area contributed by atoms with Crippen LogP contribution in [-0.4, -0.2) is 110 Å². The number of para-hydroxylation sites is 1. The number of likely N-dealkylation sites (tertiary alicyclic amines) is 1. The predicted octanol–water partition coefficient (Wildman–Crippen LogP) is 5.41. The molecule has 2 fully saturated rings. The van der Waals surface area contributed by atoms with Crippen molar-refractivity contribution >= 4 is 40.6 Å². The smallest absolute Gasteiger partial charge is 0.246 e. The van der Waals surface area contributed by atoms with Crippen LogP contribution in [0.5, 0.6) is 5.75 Å². The minimum Gasteiger partial charge on any atom is -0.507 e. The molecule has 0 spiro atoms. The molecule has 15 heteroatoms. The van der Waals surface area contributed by atoms with Crippen LogP contribution in [0.2, 0.25) is 0 Å². The van der Waals surface area contributed by atoms with Gasteiger partial charge in [-0.05, 0) is 66.3 Å². The van der Waals surface area contributed by atoms with Crippen LogP contribution in [0, 0.1) is 12.3 Å². The number of carbonyl (C=O) groups excluding carboxylic acids is 3. The highest BCUT2D eigenvalue weighted by atomic mass is 32.1. The van der Waals surface area contributed by atoms with E-state index in [9.17, 15) is 24.6 Å². The molecule has 4 atom stereocenters. The Morgan fingerprint density at radius 3 is 2.26 bits per heavy atom. The molecule has 14 nitrogen and oxygen atoms in total. The van der Waals surface area contributed by atoms with Crippen molar-refractivity contribution in [2.75, 3.05) is 49.9 Å². The molecule has 2 aliphatic rings. The van der Waals surface area contributed by atoms with Crippen LogP contribution < -0.4 is 21.3 Å². The van der Waals surface area contributed by atoms with Gasteiger partial charge in [0.05, 0.1) is 33.9 Å². The number of nitrogens with zero attached hydrogens (tertiary/aromatic N) is 6. The van der Waals surface area contributed by atoms with Gasteiger partial charge in [0.15, 0.2) is 5.82 Å². The number of hydrogen-bond donors (Lipinski definition) is 5. The van der Waals surface area contributed by atoms with E-state index < -0.39 is 23.6 Å². The third kappa shape index (κ3) is 10.0. The maximum atomic E-state index is 14.2. The molecule has 7 rings (SSSR count). The second-order valence-electron chi connectivity index (χ2n) is 17.1. The molecule has 2 aromatic heterocycles. The zero-order valence-corrected chi connectivity index (χ0v) is 36.2. The van der Waals surface area contributed by atoms with Crippen molar-refractivity contribution in [1.29, 1.82) is 0 Å². The molecule has 6 N–H and O–H groups in total. The van der Waals surface area contributed by atoms with Gasteiger partial charge in [-0.1, -0.05) is 69.3 Å². The van der Waals surface area contributed by atoms with Crippen molar-refractivity contribution in [3.63, 3.8) is 0 Å². The van der Waals surface area contributed by atoms with E-state index in [1.165, 1.54) is 4.90 Å². The lowest BCUT2D eigenvalue weighted by atomic mass is 9.85. The molecule has 2 unspecified atom stereocenters. The van der Waals surface area contributed by atoms with Crippen molar-refractivity contribution in [3.05, 3.63) is 95.6 Å². The molecule has 0 saturated carbocycles. The fourth-order valence-electron chi connectivity index (χ4n) is 8.04. The number of nitrogen functional groups attached to an aromatic ring is 1. The van der Waals surface area contributed by atoms with Gasteiger partial charge in [-0.2, -0.15) is 0 Å². The second kappa shape index (κ2) is 18.4. The molecule has 5 aromatic rings. The molecule has 2 aliphatic heterocycles. The van der Waals surface area contributed by atoms with Crippen molar-refractivity contribution in [2.45, 2.75) is 71.7 Å². The van der Waals surface area contributed by atoms with E-state index in [1.807, 2.05) is 88.7 Å². The summed E-state index contributed by atoms with van der Waals surface area (Å²) >= 11 is 1.58. The molecule has 3 aromatic carbocycles. The van der Waals surface area contributed by atoms with Crippen LogP contribution in [-0.2, 0) is 14.4 Å². The number of carbonyl (C=O) groups is 3. The number of hydrogen-bond acceptors (Lipinski definition) is 12. The number of phenols is 1. The highest BCUT2D eigenvalue weighted by Gasteiger charge is 2.44. The van der Waals surface area contributed by atoms with Gasteiger partial charge < -0.3 is 36.4 Å². The van der Waals surface area contributed by atoms with E-state index in [4.69, 9.17) is 5.73 Å². The lowest BCUT2D eigenvalue weighted by Gasteiger charge is -2.37. The first-order valence-electron chi connectivity index (χ1n) is 20.7. The number of nitrogens with two attached hydrogens (primary N) is 1. The summed E-state index contributed by atoms with van der Waals surface area (Å²) in [5.74, 6) is -0.546. The molecule has 0 bridgehead atoms. The first kappa shape index (κ1) is 43.2. The number of β-amino-alcohol motifs (C(OH)–C–C–N with tert-alkyl or cyclic N) is 1. The standard InChI is InChI=1S/C46H55N9O5S/c1-28(30-10-12-32(13-11-30)41-29(2)48-27-61-41)49-44(59)38-24-34(56)26-55(38)45(60)42(46(3,4)5)50-40(58)18-19-53-20-22-54(23-21-53)33-16-14-31(15-17-33)36-25-37(51-52-43(36)47)35-8-6-7-9-39(35)57/h6-17,25,27-28,34,38,42,56-57H,18-24,26H2,1-5H3,(H2,47,52)(H,49,59)(H,50,58)/t28?,34-,38+,42?/m1/s1. The van der Waals surface area contributed by atoms with Gasteiger partial charge in [-0.25, -0.2) is 4.98 Å². The van der Waals surface area contributed by atoms with Crippen LogP contribution in [0.3, 0.4) is 0 Å². The van der Waals surface area contributed by atoms with Gasteiger partial charge in [-0.3, -0.25) is 19.3 Å². The molecule has 4 heterocycles. The summed E-state index contributed by atoms with van der Waals surface area (Å²) in [6.45, 7) is 13.2. The molecule has 0 radical (unpaired) electrons. The van der Waals surface area contributed by atoms with Gasteiger partial charge in [0.2, 0.25) is 17.7 Å². The van der Waals surface area contributed by atoms with E-state index >= 15 is 0 Å². The number of aromatic nitrogens is 3. The summed E-state index contributed by atoms with van der Waals surface area (Å²) in [6, 6.07) is 22.8. The summed E-state index contributed by atoms with van der Waals surface area (Å²) in [4.78, 5) is 52.7. The molecule has 0 aliphatic carbocycles. The Kier molecular flexibility index (Phi) is 13.0. The first-order valence-corrected chi connectivity index (χ1v) is 21.6. The van der Waals surface area contributed by atoms with Crippen LogP contribution in [0.25, 0.3) is 32.8 Å². The number of amides is 3. The normalized spacial score (nSPS) is 18.1. The number of aromatic hydroxyl groups is 1. The number of nitrogens with one attached hydrogen (secondary N) is 2. The number of aryl methyl sites for hydroxylation is 1. The Hall–Kier alpha value is -5.90. The number of piperazine rings is 1. The fraction of sp³-hybridized carbons (Fsp3) is 0.391. The molecule has 2 saturated heterocycles. The summed E-state index contributed by atoms with van der Waals surface area (Å²) in [7, 11) is 0. The third-order valence-corrected chi connectivity index (χ3v) is 12.6. The highest BCUT2D eigenvalue weighted by molar-refractivity contribution is 7.13. The minimum absolute atomic E-state index is 0.0131. The summed E-state index contributed by atoms with van der Waals surface area (Å²) in [5.41, 5.74) is 14.1. The summed E-state index contributed by atoms with van der Waals surface area (Å²) < 4.78 is 0. The van der Waals surface area contributed by atoms with E-state index in [0.717, 1.165) is 64.7 Å². The van der Waals surface area contributed by atoms with E-state index in [0.29, 0.717) is 23.6 Å². The molecular formula is C46H55N9O5S. The SMILES string of the molecule is Cc1ncsc1-c1ccc(C(C)NC(=O)[C@@H]2C[C@@H](O)CN2C(=O)C(NC(=O)CCN2CCN(c3ccc(-c4cc(-c5ccccc5O)nnc4N)cc3)CC2)C(C)(C)C)cc1. The van der Waals surface area contributed by atoms with Gasteiger partial charge in [0.1, 0.15) is 17.8 Å². The molecular weight excluding hydrogens is 791 g/mol. The quantitative estimate of drug-likeness (QED) is 0.108. The average Bonchev–Trinajstić information content (AvgIpc) is 3.87. The lowest BCUT2D eigenvalue weighted by molar-refractivity contribution is -0.144. The first-order chi connectivity index (χ1) is 29.2. The van der Waals surface area contributed by atoms with Gasteiger partial charge in [0, 0.05) is 68.9 Å². The molecule has 61 heavy (non-hydrogen) atoms. The van der Waals surface area contributed by atoms with Crippen LogP contribution in [0.15, 0.2) is 84.4 Å². The number of benzene rings is 3. The number of aliphatic hydroxyl groups excluding tert-OH is 1. The van der Waals surface area contributed by atoms with Crippen molar-refractivity contribution < 1.29 is 24.6 Å². The zero-order valence-electron chi connectivity index (χ0n) is 35.3. The van der Waals surface area contributed by atoms with E-state index in [1.54, 1.807) is 29.5 Å². The number of rotatable bonds is 12. The Morgan fingerprint density at radius 1 is 0.918 bits per heavy atom. The number of aliphatic hydroxyl groups is 1. The largest absolute Gasteiger partial charge is 0.507 e. The Balaban J connectivity index is 0.906. The zero-order chi connectivity index (χ0) is 43.4. The lowest BCUT2D eigenvalue weighted by Crippen LogP contribution is -2.58. The molecule has 3 amide bonds. The maximum absolute atomic E-state index is 14.2. The second-order valence-corrected chi connectivity index (χ2v) is 17.9. The van der Waals surface area contributed by atoms with Crippen molar-refractivity contribution in [1.82, 2.24) is 35.6 Å². The Labute approximate surface area is 360 Å². The van der Waals surface area contributed by atoms with Crippen molar-refractivity contribution in [2.24, 2.45) is 5.41 Å². The summed E-state index contributed by atoms with van der Waals surface area (Å²) in [6.07, 6.45) is -0.524. The van der Waals surface area contributed by atoms with Crippen LogP contribution in [0.1, 0.15) is 57.8 Å². The number of phenolic OH excluding ortho intramolecular Hbond substituents is 1. The topological polar surface area (TPSA) is 190 Å². The maximum Gasteiger partial charge on any atom is 0.246 e. The van der Waals surface area contributed by atoms with E-state index in [2.05, 4.69) is 47.7 Å². The third-order valence-electron chi connectivity index (χ3n) is 11.6. The minimum atomic E-state index is -0.893. The predicted molar refractivity (Wildman–Crippen MR) is 239 cm³/mol. The molecule has 320 valence electrons. The summed E-state index contributed by atoms with van der Waals surface area (Å²) in [5, 5.41) is 35.4. The fourth-order valence-corrected chi connectivity index (χ4v) is 8.86. The van der Waals surface area contributed by atoms with Gasteiger partial charge in [-0.15, -0.1) is 21.5 Å². The average molecular weight is 846 g/mol. The number of thiazole rings is 1. The van der Waals surface area contributed by atoms with Crippen LogP contribution >= 0.6 is 11.3 Å².